The van der Waals surface area contributed by atoms with E-state index in [1.807, 2.05) is 13.8 Å². The highest BCUT2D eigenvalue weighted by Gasteiger charge is 2.70. The summed E-state index contributed by atoms with van der Waals surface area (Å²) < 4.78 is 6.42. The number of Topliss-reactive ketones (excluding diaryl/α,β-unsaturated/α-hetero) is 1. The molecule has 11 atom stereocenters. The third-order valence-electron chi connectivity index (χ3n) is 18.2. The van der Waals surface area contributed by atoms with E-state index in [0.717, 1.165) is 89.3 Å². The van der Waals surface area contributed by atoms with E-state index in [9.17, 15) is 24.3 Å². The molecule has 0 aromatic rings. The molecule has 8 nitrogen and oxygen atoms in total. The summed E-state index contributed by atoms with van der Waals surface area (Å²) in [5, 5.41) is 16.3. The fourth-order valence-electron chi connectivity index (χ4n) is 14.8. The van der Waals surface area contributed by atoms with Gasteiger partial charge in [0.05, 0.1) is 17.8 Å². The van der Waals surface area contributed by atoms with Gasteiger partial charge in [0.25, 0.3) is 0 Å². The average Bonchev–Trinajstić information content (AvgIpc) is 3.38. The van der Waals surface area contributed by atoms with Crippen LogP contribution in [0, 0.1) is 73.9 Å². The number of nitrogens with one attached hydrogen (secondary N) is 2. The highest BCUT2D eigenvalue weighted by atomic mass is 16.5. The van der Waals surface area contributed by atoms with Crippen molar-refractivity contribution in [1.82, 2.24) is 10.6 Å². The maximum Gasteiger partial charge on any atom is 0.309 e. The molecule has 1 amide bonds. The second kappa shape index (κ2) is 13.2. The van der Waals surface area contributed by atoms with Crippen LogP contribution in [0.2, 0.25) is 0 Å². The van der Waals surface area contributed by atoms with Crippen molar-refractivity contribution >= 4 is 23.6 Å². The maximum atomic E-state index is 14.0. The summed E-state index contributed by atoms with van der Waals surface area (Å²) in [6.07, 6.45) is 12.2. The molecule has 7 rings (SSSR count). The van der Waals surface area contributed by atoms with Crippen LogP contribution in [0.5, 0.6) is 0 Å². The molecular formula is C45H70N2O6. The number of rotatable bonds is 8. The molecule has 5 saturated carbocycles. The Balaban J connectivity index is 1.11. The lowest BCUT2D eigenvalue weighted by molar-refractivity contribution is -0.236. The number of ether oxygens (including phenoxy) is 1. The minimum absolute atomic E-state index is 0.0441. The highest BCUT2D eigenvalue weighted by Crippen LogP contribution is 2.77. The number of esters is 1. The lowest BCUT2D eigenvalue weighted by Crippen LogP contribution is -2.66. The predicted octanol–water partition coefficient (Wildman–Crippen LogP) is 8.13. The summed E-state index contributed by atoms with van der Waals surface area (Å²) in [6.45, 7) is 23.0. The van der Waals surface area contributed by atoms with Gasteiger partial charge in [-0.2, -0.15) is 0 Å². The van der Waals surface area contributed by atoms with E-state index < -0.39 is 17.3 Å². The first-order chi connectivity index (χ1) is 24.7. The molecule has 0 radical (unpaired) electrons. The molecule has 7 aliphatic rings. The number of carbonyl (C=O) groups excluding carboxylic acids is 3. The molecule has 1 heterocycles. The molecule has 0 bridgehead atoms. The number of allylic oxidation sites excluding steroid dienone is 2. The van der Waals surface area contributed by atoms with Crippen LogP contribution in [0.25, 0.3) is 0 Å². The van der Waals surface area contributed by atoms with Gasteiger partial charge in [0.1, 0.15) is 6.10 Å². The Morgan fingerprint density at radius 2 is 1.60 bits per heavy atom. The second-order valence-corrected chi connectivity index (χ2v) is 21.3. The van der Waals surface area contributed by atoms with Gasteiger partial charge in [-0.1, -0.05) is 67.9 Å². The van der Waals surface area contributed by atoms with Crippen molar-refractivity contribution in [2.45, 2.75) is 152 Å². The van der Waals surface area contributed by atoms with Crippen molar-refractivity contribution in [3.8, 4) is 0 Å². The number of hydrogen-bond acceptors (Lipinski definition) is 6. The van der Waals surface area contributed by atoms with Crippen LogP contribution < -0.4 is 10.6 Å². The molecular weight excluding hydrogens is 665 g/mol. The maximum absolute atomic E-state index is 14.0. The van der Waals surface area contributed by atoms with Crippen molar-refractivity contribution in [2.24, 2.45) is 73.9 Å². The number of hydrogen-bond donors (Lipinski definition) is 3. The van der Waals surface area contributed by atoms with Gasteiger partial charge < -0.3 is 20.5 Å². The zero-order valence-electron chi connectivity index (χ0n) is 34.4. The first kappa shape index (κ1) is 39.0. The number of aliphatic carboxylic acids is 1. The molecule has 53 heavy (non-hydrogen) atoms. The summed E-state index contributed by atoms with van der Waals surface area (Å²) in [4.78, 5) is 52.5. The molecule has 0 spiro atoms. The van der Waals surface area contributed by atoms with Gasteiger partial charge in [0, 0.05) is 30.3 Å². The van der Waals surface area contributed by atoms with Gasteiger partial charge in [-0.3, -0.25) is 19.2 Å². The molecule has 0 aromatic carbocycles. The third kappa shape index (κ3) is 5.73. The minimum atomic E-state index is -0.822. The monoisotopic (exact) mass is 735 g/mol. The lowest BCUT2D eigenvalue weighted by atomic mass is 9.33. The normalized spacial score (nSPS) is 44.2. The number of fused-ring (bicyclic) bond motifs is 7. The SMILES string of the molecule is CC(C)C1=C2[C@H]3CC[C@@H]4[C@@]5(C)CC[C@H](OC(=O)[C@H]6C[C@@H](C(=O)O)C6(C)C)C(C)(C)[C@@H]5CC[C@@]4(C)[C@]3(C)CC[C@@]2(CCNC(=O)[C@H]2CCCNC2)CC1=O. The second-order valence-electron chi connectivity index (χ2n) is 21.3. The van der Waals surface area contributed by atoms with Crippen LogP contribution in [0.15, 0.2) is 11.1 Å². The van der Waals surface area contributed by atoms with Crippen LogP contribution in [0.3, 0.4) is 0 Å². The number of piperidine rings is 1. The van der Waals surface area contributed by atoms with Crippen LogP contribution in [-0.2, 0) is 23.9 Å². The van der Waals surface area contributed by atoms with E-state index in [4.69, 9.17) is 4.74 Å². The molecule has 6 aliphatic carbocycles. The van der Waals surface area contributed by atoms with Gasteiger partial charge in [-0.25, -0.2) is 0 Å². The van der Waals surface area contributed by atoms with Crippen LogP contribution in [-0.4, -0.2) is 54.5 Å². The minimum Gasteiger partial charge on any atom is -0.481 e. The van der Waals surface area contributed by atoms with Crippen molar-refractivity contribution in [3.05, 3.63) is 11.1 Å². The van der Waals surface area contributed by atoms with E-state index >= 15 is 0 Å². The van der Waals surface area contributed by atoms with Gasteiger partial charge in [0.2, 0.25) is 5.91 Å². The van der Waals surface area contributed by atoms with Crippen LogP contribution in [0.4, 0.5) is 0 Å². The Hall–Kier alpha value is -2.22. The average molecular weight is 735 g/mol. The molecule has 6 fully saturated rings. The first-order valence-corrected chi connectivity index (χ1v) is 21.4. The van der Waals surface area contributed by atoms with E-state index in [1.165, 1.54) is 5.57 Å². The highest BCUT2D eigenvalue weighted by molar-refractivity contribution is 6.00. The molecule has 1 saturated heterocycles. The number of carbonyl (C=O) groups is 4. The smallest absolute Gasteiger partial charge is 0.309 e. The Labute approximate surface area is 319 Å². The van der Waals surface area contributed by atoms with Gasteiger partial charge in [0.15, 0.2) is 5.78 Å². The Bertz CT molecular complexity index is 1560. The first-order valence-electron chi connectivity index (χ1n) is 21.4. The van der Waals surface area contributed by atoms with Crippen LogP contribution >= 0.6 is 0 Å². The van der Waals surface area contributed by atoms with Crippen molar-refractivity contribution in [2.75, 3.05) is 19.6 Å². The summed E-state index contributed by atoms with van der Waals surface area (Å²) in [6, 6.07) is 0. The largest absolute Gasteiger partial charge is 0.481 e. The predicted molar refractivity (Wildman–Crippen MR) is 206 cm³/mol. The molecule has 296 valence electrons. The summed E-state index contributed by atoms with van der Waals surface area (Å²) in [7, 11) is 0. The zero-order valence-corrected chi connectivity index (χ0v) is 34.4. The van der Waals surface area contributed by atoms with E-state index in [2.05, 4.69) is 59.1 Å². The van der Waals surface area contributed by atoms with Crippen molar-refractivity contribution in [3.63, 3.8) is 0 Å². The Morgan fingerprint density at radius 3 is 2.25 bits per heavy atom. The standard InChI is InChI=1S/C45H70N2O6/c1-26(2)35-31(48)24-45(20-22-47-37(49)27-11-10-21-46-25-27)19-18-43(8)28(36(35)45)12-13-33-42(7)16-15-34(41(5,6)32(42)14-17-44(33,43)9)53-39(52)30-23-29(38(50)51)40(30,3)4/h26-30,32-34,46H,10-25H2,1-9H3,(H,47,49)(H,50,51)/t27-,28+,29-,30+,32-,33+,34-,42-,43+,44+,45+/m0/s1. The topological polar surface area (TPSA) is 122 Å². The molecule has 0 unspecified atom stereocenters. The van der Waals surface area contributed by atoms with Crippen molar-refractivity contribution < 1.29 is 29.0 Å². The Kier molecular flexibility index (Phi) is 9.71. The molecule has 0 aromatic heterocycles. The van der Waals surface area contributed by atoms with E-state index in [0.29, 0.717) is 42.9 Å². The van der Waals surface area contributed by atoms with Crippen molar-refractivity contribution in [1.29, 1.82) is 0 Å². The number of carboxylic acid groups (broad SMARTS) is 1. The van der Waals surface area contributed by atoms with Gasteiger partial charge in [-0.05, 0) is 134 Å². The quantitative estimate of drug-likeness (QED) is 0.215. The van der Waals surface area contributed by atoms with Gasteiger partial charge in [-0.15, -0.1) is 0 Å². The Morgan fingerprint density at radius 1 is 0.868 bits per heavy atom. The third-order valence-corrected chi connectivity index (χ3v) is 18.2. The molecule has 1 aliphatic heterocycles. The van der Waals surface area contributed by atoms with E-state index in [1.54, 1.807) is 0 Å². The fraction of sp³-hybridized carbons (Fsp3) is 0.867. The number of ketones is 1. The van der Waals surface area contributed by atoms with E-state index in [-0.39, 0.29) is 62.8 Å². The summed E-state index contributed by atoms with van der Waals surface area (Å²) in [5.74, 6) is 0.205. The lowest BCUT2D eigenvalue weighted by Gasteiger charge is -2.72. The number of amides is 1. The molecule has 8 heteroatoms. The molecule has 3 N–H and O–H groups in total. The fourth-order valence-corrected chi connectivity index (χ4v) is 14.8. The summed E-state index contributed by atoms with van der Waals surface area (Å²) in [5.41, 5.74) is 1.98. The van der Waals surface area contributed by atoms with Gasteiger partial charge >= 0.3 is 11.9 Å². The number of carboxylic acids is 1. The zero-order chi connectivity index (χ0) is 38.5. The summed E-state index contributed by atoms with van der Waals surface area (Å²) >= 11 is 0. The van der Waals surface area contributed by atoms with Crippen LogP contribution in [0.1, 0.15) is 146 Å².